The first-order chi connectivity index (χ1) is 9.29. The van der Waals surface area contributed by atoms with Crippen molar-refractivity contribution in [3.63, 3.8) is 0 Å². The summed E-state index contributed by atoms with van der Waals surface area (Å²) in [5.41, 5.74) is 6.81. The first-order valence-corrected chi connectivity index (χ1v) is 7.12. The summed E-state index contributed by atoms with van der Waals surface area (Å²) in [5.74, 6) is 0. The molecule has 2 rings (SSSR count). The van der Waals surface area contributed by atoms with E-state index < -0.39 is 17.8 Å². The molecule has 20 heavy (non-hydrogen) atoms. The third kappa shape index (κ3) is 3.45. The maximum absolute atomic E-state index is 12.5. The van der Waals surface area contributed by atoms with E-state index in [1.54, 1.807) is 12.1 Å². The maximum Gasteiger partial charge on any atom is 0.416 e. The van der Waals surface area contributed by atoms with Gasteiger partial charge in [0.05, 0.1) is 11.6 Å². The Balaban J connectivity index is 2.34. The zero-order valence-electron chi connectivity index (χ0n) is 10.1. The van der Waals surface area contributed by atoms with Gasteiger partial charge in [-0.05, 0) is 64.0 Å². The summed E-state index contributed by atoms with van der Waals surface area (Å²) in [6, 6.07) is 9.64. The van der Waals surface area contributed by atoms with Crippen LogP contribution in [0.3, 0.4) is 0 Å². The molecule has 0 saturated heterocycles. The Labute approximate surface area is 133 Å². The fraction of sp³-hybridized carbons (Fsp3) is 0.143. The summed E-state index contributed by atoms with van der Waals surface area (Å²) in [6.07, 6.45) is -4.34. The van der Waals surface area contributed by atoms with Crippen molar-refractivity contribution in [2.45, 2.75) is 12.2 Å². The minimum Gasteiger partial charge on any atom is -0.320 e. The van der Waals surface area contributed by atoms with Gasteiger partial charge in [-0.3, -0.25) is 0 Å². The molecule has 0 aliphatic carbocycles. The van der Waals surface area contributed by atoms with Crippen LogP contribution in [0.15, 0.2) is 42.5 Å². The highest BCUT2D eigenvalue weighted by atomic mass is 127. The Morgan fingerprint density at radius 2 is 1.65 bits per heavy atom. The summed E-state index contributed by atoms with van der Waals surface area (Å²) in [4.78, 5) is 0. The monoisotopic (exact) mass is 411 g/mol. The van der Waals surface area contributed by atoms with Gasteiger partial charge in [0.2, 0.25) is 0 Å². The van der Waals surface area contributed by atoms with E-state index in [1.165, 1.54) is 12.1 Å². The van der Waals surface area contributed by atoms with Crippen LogP contribution in [0.25, 0.3) is 0 Å². The van der Waals surface area contributed by atoms with E-state index in [4.69, 9.17) is 17.3 Å². The van der Waals surface area contributed by atoms with Gasteiger partial charge in [0.25, 0.3) is 0 Å². The van der Waals surface area contributed by atoms with Gasteiger partial charge in [-0.1, -0.05) is 23.7 Å². The van der Waals surface area contributed by atoms with Crippen molar-refractivity contribution in [3.8, 4) is 0 Å². The molecule has 0 aliphatic heterocycles. The number of nitrogens with two attached hydrogens (primary N) is 1. The normalized spacial score (nSPS) is 13.3. The van der Waals surface area contributed by atoms with E-state index >= 15 is 0 Å². The van der Waals surface area contributed by atoms with E-state index in [-0.39, 0.29) is 0 Å². The zero-order valence-corrected chi connectivity index (χ0v) is 13.0. The van der Waals surface area contributed by atoms with Crippen molar-refractivity contribution < 1.29 is 13.2 Å². The van der Waals surface area contributed by atoms with Gasteiger partial charge in [-0.2, -0.15) is 13.2 Å². The summed E-state index contributed by atoms with van der Waals surface area (Å²) < 4.78 is 38.4. The van der Waals surface area contributed by atoms with Crippen LogP contribution in [-0.4, -0.2) is 0 Å². The molecular formula is C14H10ClF3IN. The average molecular weight is 412 g/mol. The van der Waals surface area contributed by atoms with Crippen molar-refractivity contribution >= 4 is 34.2 Å². The highest BCUT2D eigenvalue weighted by Crippen LogP contribution is 2.31. The Hall–Kier alpha value is -0.790. The second kappa shape index (κ2) is 5.91. The van der Waals surface area contributed by atoms with Crippen LogP contribution in [0.4, 0.5) is 13.2 Å². The van der Waals surface area contributed by atoms with E-state index in [0.717, 1.165) is 21.3 Å². The van der Waals surface area contributed by atoms with Crippen LogP contribution in [0.2, 0.25) is 5.02 Å². The fourth-order valence-electron chi connectivity index (χ4n) is 1.81. The SMILES string of the molecule is NC(c1ccc(C(F)(F)F)cc1)c1cc(Cl)ccc1I. The second-order valence-electron chi connectivity index (χ2n) is 4.26. The molecule has 106 valence electrons. The minimum atomic E-state index is -4.34. The van der Waals surface area contributed by atoms with Crippen LogP contribution in [0, 0.1) is 3.57 Å². The molecule has 0 heterocycles. The summed E-state index contributed by atoms with van der Waals surface area (Å²) >= 11 is 8.05. The molecule has 0 fully saturated rings. The largest absolute Gasteiger partial charge is 0.416 e. The molecule has 1 nitrogen and oxygen atoms in total. The fourth-order valence-corrected chi connectivity index (χ4v) is 2.66. The second-order valence-corrected chi connectivity index (χ2v) is 5.86. The van der Waals surface area contributed by atoms with Gasteiger partial charge in [-0.15, -0.1) is 0 Å². The van der Waals surface area contributed by atoms with Crippen molar-refractivity contribution in [2.24, 2.45) is 5.73 Å². The molecule has 0 amide bonds. The Bertz CT molecular complexity index is 611. The molecule has 1 unspecified atom stereocenters. The first kappa shape index (κ1) is 15.6. The lowest BCUT2D eigenvalue weighted by atomic mass is 9.98. The number of alkyl halides is 3. The molecule has 0 saturated carbocycles. The Morgan fingerprint density at radius 3 is 2.20 bits per heavy atom. The van der Waals surface area contributed by atoms with E-state index in [0.29, 0.717) is 10.6 Å². The topological polar surface area (TPSA) is 26.0 Å². The number of halogens is 5. The van der Waals surface area contributed by atoms with Gasteiger partial charge in [0.1, 0.15) is 0 Å². The third-order valence-electron chi connectivity index (χ3n) is 2.89. The highest BCUT2D eigenvalue weighted by Gasteiger charge is 2.30. The predicted molar refractivity (Wildman–Crippen MR) is 81.6 cm³/mol. The molecule has 0 bridgehead atoms. The molecule has 1 atom stereocenters. The summed E-state index contributed by atoms with van der Waals surface area (Å²) in [7, 11) is 0. The van der Waals surface area contributed by atoms with Gasteiger partial charge < -0.3 is 5.73 Å². The third-order valence-corrected chi connectivity index (χ3v) is 4.11. The number of hydrogen-bond donors (Lipinski definition) is 1. The van der Waals surface area contributed by atoms with Crippen LogP contribution < -0.4 is 5.73 Å². The molecule has 6 heteroatoms. The Kier molecular flexibility index (Phi) is 4.61. The first-order valence-electron chi connectivity index (χ1n) is 5.66. The molecule has 0 aliphatic rings. The molecule has 2 N–H and O–H groups in total. The van der Waals surface area contributed by atoms with Gasteiger partial charge in [0.15, 0.2) is 0 Å². The minimum absolute atomic E-state index is 0.511. The lowest BCUT2D eigenvalue weighted by Gasteiger charge is -2.16. The average Bonchev–Trinajstić information content (AvgIpc) is 2.40. The molecule has 0 radical (unpaired) electrons. The standard InChI is InChI=1S/C14H10ClF3IN/c15-10-5-6-12(19)11(7-10)13(20)8-1-3-9(4-2-8)14(16,17)18/h1-7,13H,20H2. The van der Waals surface area contributed by atoms with Gasteiger partial charge >= 0.3 is 6.18 Å². The highest BCUT2D eigenvalue weighted by molar-refractivity contribution is 14.1. The van der Waals surface area contributed by atoms with Crippen LogP contribution in [0.5, 0.6) is 0 Å². The summed E-state index contributed by atoms with van der Waals surface area (Å²) in [6.45, 7) is 0. The van der Waals surface area contributed by atoms with Crippen LogP contribution >= 0.6 is 34.2 Å². The predicted octanol–water partition coefficient (Wildman–Crippen LogP) is 5.01. The van der Waals surface area contributed by atoms with Crippen LogP contribution in [0.1, 0.15) is 22.7 Å². The van der Waals surface area contributed by atoms with Crippen molar-refractivity contribution in [1.29, 1.82) is 0 Å². The number of benzene rings is 2. The quantitative estimate of drug-likeness (QED) is 0.691. The molecule has 2 aromatic carbocycles. The van der Waals surface area contributed by atoms with E-state index in [1.807, 2.05) is 6.07 Å². The zero-order chi connectivity index (χ0) is 14.9. The molecular weight excluding hydrogens is 402 g/mol. The lowest BCUT2D eigenvalue weighted by molar-refractivity contribution is -0.137. The number of hydrogen-bond acceptors (Lipinski definition) is 1. The van der Waals surface area contributed by atoms with E-state index in [2.05, 4.69) is 22.6 Å². The lowest BCUT2D eigenvalue weighted by Crippen LogP contribution is -2.14. The van der Waals surface area contributed by atoms with Crippen molar-refractivity contribution in [2.75, 3.05) is 0 Å². The molecule has 2 aromatic rings. The maximum atomic E-state index is 12.5. The Morgan fingerprint density at radius 1 is 1.05 bits per heavy atom. The smallest absolute Gasteiger partial charge is 0.320 e. The van der Waals surface area contributed by atoms with Crippen LogP contribution in [-0.2, 0) is 6.18 Å². The molecule has 0 aromatic heterocycles. The summed E-state index contributed by atoms with van der Waals surface area (Å²) in [5, 5.41) is 0.544. The van der Waals surface area contributed by atoms with Gasteiger partial charge in [-0.25, -0.2) is 0 Å². The van der Waals surface area contributed by atoms with E-state index in [9.17, 15) is 13.2 Å². The molecule has 0 spiro atoms. The van der Waals surface area contributed by atoms with Gasteiger partial charge in [0, 0.05) is 8.59 Å². The number of rotatable bonds is 2. The van der Waals surface area contributed by atoms with Crippen molar-refractivity contribution in [1.82, 2.24) is 0 Å². The van der Waals surface area contributed by atoms with Crippen molar-refractivity contribution in [3.05, 3.63) is 67.7 Å².